The van der Waals surface area contributed by atoms with Crippen molar-refractivity contribution in [3.8, 4) is 0 Å². The van der Waals surface area contributed by atoms with Crippen molar-refractivity contribution in [2.45, 2.75) is 18.7 Å². The first-order valence-corrected chi connectivity index (χ1v) is 10.1. The smallest absolute Gasteiger partial charge is 0.255 e. The summed E-state index contributed by atoms with van der Waals surface area (Å²) in [5, 5.41) is 4.22. The number of fused-ring (bicyclic) bond motifs is 1. The van der Waals surface area contributed by atoms with Gasteiger partial charge in [0.1, 0.15) is 11.0 Å². The SMILES string of the molecule is CCN(CC)S(=O)c1cc(NC(=O)c2ccc3cccnc3c2)ccc1Cl. The van der Waals surface area contributed by atoms with E-state index in [1.807, 2.05) is 32.0 Å². The Morgan fingerprint density at radius 1 is 1.15 bits per heavy atom. The first kappa shape index (κ1) is 19.5. The Hall–Kier alpha value is -2.28. The summed E-state index contributed by atoms with van der Waals surface area (Å²) in [6.45, 7) is 5.16. The van der Waals surface area contributed by atoms with Crippen LogP contribution in [0, 0.1) is 0 Å². The number of benzene rings is 2. The molecule has 3 aromatic rings. The highest BCUT2D eigenvalue weighted by Crippen LogP contribution is 2.26. The van der Waals surface area contributed by atoms with E-state index in [1.54, 1.807) is 40.8 Å². The fourth-order valence-electron chi connectivity index (χ4n) is 2.72. The Labute approximate surface area is 165 Å². The molecule has 0 aliphatic rings. The van der Waals surface area contributed by atoms with Gasteiger partial charge in [0.15, 0.2) is 0 Å². The molecular weight excluding hydrogens is 382 g/mol. The highest BCUT2D eigenvalue weighted by Gasteiger charge is 2.16. The van der Waals surface area contributed by atoms with E-state index in [0.717, 1.165) is 10.9 Å². The molecule has 1 atom stereocenters. The van der Waals surface area contributed by atoms with Crippen molar-refractivity contribution >= 4 is 45.1 Å². The number of anilines is 1. The van der Waals surface area contributed by atoms with Crippen molar-refractivity contribution in [3.63, 3.8) is 0 Å². The highest BCUT2D eigenvalue weighted by molar-refractivity contribution is 7.82. The summed E-state index contributed by atoms with van der Waals surface area (Å²) < 4.78 is 14.5. The van der Waals surface area contributed by atoms with Gasteiger partial charge in [-0.2, -0.15) is 0 Å². The van der Waals surface area contributed by atoms with Crippen LogP contribution in [0.15, 0.2) is 59.6 Å². The van der Waals surface area contributed by atoms with Crippen molar-refractivity contribution in [1.29, 1.82) is 0 Å². The molecule has 0 saturated heterocycles. The van der Waals surface area contributed by atoms with Gasteiger partial charge in [-0.25, -0.2) is 8.51 Å². The van der Waals surface area contributed by atoms with E-state index in [0.29, 0.717) is 34.3 Å². The molecule has 2 aromatic carbocycles. The van der Waals surface area contributed by atoms with E-state index >= 15 is 0 Å². The van der Waals surface area contributed by atoms with E-state index in [-0.39, 0.29) is 5.91 Å². The van der Waals surface area contributed by atoms with Gasteiger partial charge in [-0.15, -0.1) is 0 Å². The van der Waals surface area contributed by atoms with E-state index in [4.69, 9.17) is 11.6 Å². The molecule has 7 heteroatoms. The van der Waals surface area contributed by atoms with Crippen LogP contribution >= 0.6 is 11.6 Å². The molecule has 0 bridgehead atoms. The lowest BCUT2D eigenvalue weighted by molar-refractivity contribution is 0.102. The minimum absolute atomic E-state index is 0.260. The molecule has 1 amide bonds. The number of carbonyl (C=O) groups excluding carboxylic acids is 1. The number of rotatable bonds is 6. The number of hydrogen-bond donors (Lipinski definition) is 1. The number of halogens is 1. The van der Waals surface area contributed by atoms with Crippen LogP contribution in [0.2, 0.25) is 5.02 Å². The Morgan fingerprint density at radius 3 is 2.67 bits per heavy atom. The number of aromatic nitrogens is 1. The van der Waals surface area contributed by atoms with Gasteiger partial charge in [-0.3, -0.25) is 9.78 Å². The minimum atomic E-state index is -1.38. The predicted octanol–water partition coefficient (Wildman–Crippen LogP) is 4.50. The molecule has 0 aliphatic heterocycles. The van der Waals surface area contributed by atoms with Gasteiger partial charge in [0.05, 0.1) is 15.4 Å². The maximum absolute atomic E-state index is 12.7. The first-order valence-electron chi connectivity index (χ1n) is 8.66. The van der Waals surface area contributed by atoms with Crippen molar-refractivity contribution < 1.29 is 9.00 Å². The molecule has 3 rings (SSSR count). The third-order valence-electron chi connectivity index (χ3n) is 4.19. The molecule has 1 N–H and O–H groups in total. The fraction of sp³-hybridized carbons (Fsp3) is 0.200. The molecule has 0 saturated carbocycles. The zero-order valence-electron chi connectivity index (χ0n) is 15.1. The second-order valence-electron chi connectivity index (χ2n) is 5.87. The molecule has 0 radical (unpaired) electrons. The summed E-state index contributed by atoms with van der Waals surface area (Å²) >= 11 is 6.23. The molecule has 1 aromatic heterocycles. The molecule has 0 spiro atoms. The van der Waals surface area contributed by atoms with E-state index < -0.39 is 11.0 Å². The molecule has 0 fully saturated rings. The number of nitrogens with one attached hydrogen (secondary N) is 1. The standard InChI is InChI=1S/C20H20ClN3O2S/c1-3-24(4-2)27(26)19-13-16(9-10-17(19)21)23-20(25)15-8-7-14-6-5-11-22-18(14)12-15/h5-13H,3-4H2,1-2H3,(H,23,25). The summed E-state index contributed by atoms with van der Waals surface area (Å²) in [6, 6.07) is 14.2. The summed E-state index contributed by atoms with van der Waals surface area (Å²) in [6.07, 6.45) is 1.69. The molecule has 1 heterocycles. The monoisotopic (exact) mass is 401 g/mol. The lowest BCUT2D eigenvalue weighted by Gasteiger charge is -2.18. The van der Waals surface area contributed by atoms with E-state index in [2.05, 4.69) is 10.3 Å². The van der Waals surface area contributed by atoms with Crippen molar-refractivity contribution in [2.75, 3.05) is 18.4 Å². The predicted molar refractivity (Wildman–Crippen MR) is 110 cm³/mol. The van der Waals surface area contributed by atoms with Crippen molar-refractivity contribution in [3.05, 3.63) is 65.3 Å². The van der Waals surface area contributed by atoms with Gasteiger partial charge in [0.2, 0.25) is 0 Å². The van der Waals surface area contributed by atoms with Crippen molar-refractivity contribution in [2.24, 2.45) is 0 Å². The normalized spacial score (nSPS) is 12.3. The molecule has 27 heavy (non-hydrogen) atoms. The lowest BCUT2D eigenvalue weighted by atomic mass is 10.1. The average molecular weight is 402 g/mol. The Morgan fingerprint density at radius 2 is 1.93 bits per heavy atom. The Balaban J connectivity index is 1.85. The number of carbonyl (C=O) groups is 1. The minimum Gasteiger partial charge on any atom is -0.322 e. The quantitative estimate of drug-likeness (QED) is 0.661. The summed E-state index contributed by atoms with van der Waals surface area (Å²) in [5.74, 6) is -0.260. The van der Waals surface area contributed by atoms with Crippen molar-refractivity contribution in [1.82, 2.24) is 9.29 Å². The Kier molecular flexibility index (Phi) is 6.21. The van der Waals surface area contributed by atoms with Crippen LogP contribution in [0.3, 0.4) is 0 Å². The number of amides is 1. The fourth-order valence-corrected chi connectivity index (χ4v) is 4.25. The number of hydrogen-bond acceptors (Lipinski definition) is 3. The van der Waals surface area contributed by atoms with Crippen LogP contribution in [-0.4, -0.2) is 32.5 Å². The molecular formula is C20H20ClN3O2S. The zero-order valence-corrected chi connectivity index (χ0v) is 16.7. The molecule has 0 aliphatic carbocycles. The maximum atomic E-state index is 12.7. The van der Waals surface area contributed by atoms with Gasteiger partial charge in [0.25, 0.3) is 5.91 Å². The number of nitrogens with zero attached hydrogens (tertiary/aromatic N) is 2. The lowest BCUT2D eigenvalue weighted by Crippen LogP contribution is -2.25. The van der Waals surface area contributed by atoms with Gasteiger partial charge in [-0.05, 0) is 36.4 Å². The van der Waals surface area contributed by atoms with Crippen LogP contribution in [-0.2, 0) is 11.0 Å². The average Bonchev–Trinajstić information content (AvgIpc) is 2.69. The Bertz CT molecular complexity index is 1010. The van der Waals surface area contributed by atoms with Crippen LogP contribution < -0.4 is 5.32 Å². The van der Waals surface area contributed by atoms with Crippen LogP contribution in [0.4, 0.5) is 5.69 Å². The van der Waals surface area contributed by atoms with Crippen LogP contribution in [0.1, 0.15) is 24.2 Å². The van der Waals surface area contributed by atoms with Gasteiger partial charge in [0, 0.05) is 35.9 Å². The summed E-state index contributed by atoms with van der Waals surface area (Å²) in [5.41, 5.74) is 1.80. The highest BCUT2D eigenvalue weighted by atomic mass is 35.5. The second kappa shape index (κ2) is 8.61. The van der Waals surface area contributed by atoms with Gasteiger partial charge < -0.3 is 5.32 Å². The summed E-state index contributed by atoms with van der Waals surface area (Å²) in [4.78, 5) is 17.4. The van der Waals surface area contributed by atoms with Gasteiger partial charge >= 0.3 is 0 Å². The topological polar surface area (TPSA) is 62.3 Å². The third kappa shape index (κ3) is 4.35. The first-order chi connectivity index (χ1) is 13.0. The second-order valence-corrected chi connectivity index (χ2v) is 7.74. The van der Waals surface area contributed by atoms with Crippen LogP contribution in [0.25, 0.3) is 10.9 Å². The molecule has 140 valence electrons. The zero-order chi connectivity index (χ0) is 19.4. The van der Waals surface area contributed by atoms with Crippen LogP contribution in [0.5, 0.6) is 0 Å². The largest absolute Gasteiger partial charge is 0.322 e. The molecule has 1 unspecified atom stereocenters. The van der Waals surface area contributed by atoms with Gasteiger partial charge in [-0.1, -0.05) is 37.6 Å². The maximum Gasteiger partial charge on any atom is 0.255 e. The van der Waals surface area contributed by atoms with E-state index in [1.165, 1.54) is 0 Å². The third-order valence-corrected chi connectivity index (χ3v) is 6.33. The van der Waals surface area contributed by atoms with E-state index in [9.17, 15) is 9.00 Å². The number of pyridine rings is 1. The summed E-state index contributed by atoms with van der Waals surface area (Å²) in [7, 11) is -1.38. The molecule has 5 nitrogen and oxygen atoms in total.